The standard InChI is InChI=1S/C13H19N5OS/c1-7-6-9(14)16-12(15-7)20-8(2)10-17-11(18-19-10)13(3,4)5/h6,8H,1-5H3,(H2,14,15,16). The van der Waals surface area contributed by atoms with E-state index in [4.69, 9.17) is 10.3 Å². The monoisotopic (exact) mass is 293 g/mol. The molecule has 0 saturated carbocycles. The molecule has 6 nitrogen and oxygen atoms in total. The van der Waals surface area contributed by atoms with Gasteiger partial charge in [-0.25, -0.2) is 9.97 Å². The van der Waals surface area contributed by atoms with Crippen molar-refractivity contribution in [3.8, 4) is 0 Å². The van der Waals surface area contributed by atoms with Crippen molar-refractivity contribution in [2.75, 3.05) is 5.73 Å². The van der Waals surface area contributed by atoms with E-state index >= 15 is 0 Å². The van der Waals surface area contributed by atoms with Gasteiger partial charge in [0.15, 0.2) is 11.0 Å². The van der Waals surface area contributed by atoms with E-state index in [1.807, 2.05) is 34.6 Å². The van der Waals surface area contributed by atoms with Gasteiger partial charge in [0.25, 0.3) is 0 Å². The number of hydrogen-bond acceptors (Lipinski definition) is 7. The van der Waals surface area contributed by atoms with E-state index < -0.39 is 0 Å². The number of hydrogen-bond donors (Lipinski definition) is 1. The lowest BCUT2D eigenvalue weighted by Gasteiger charge is -2.11. The number of nitrogens with two attached hydrogens (primary N) is 1. The fourth-order valence-electron chi connectivity index (χ4n) is 1.53. The molecule has 1 atom stereocenters. The summed E-state index contributed by atoms with van der Waals surface area (Å²) in [6.07, 6.45) is 0. The Labute approximate surface area is 122 Å². The van der Waals surface area contributed by atoms with Crippen molar-refractivity contribution >= 4 is 17.6 Å². The van der Waals surface area contributed by atoms with Gasteiger partial charge in [0, 0.05) is 17.2 Å². The average Bonchev–Trinajstić information content (AvgIpc) is 2.75. The molecule has 0 bridgehead atoms. The van der Waals surface area contributed by atoms with Crippen LogP contribution in [0.15, 0.2) is 15.7 Å². The summed E-state index contributed by atoms with van der Waals surface area (Å²) in [5.41, 5.74) is 6.43. The summed E-state index contributed by atoms with van der Waals surface area (Å²) in [5.74, 6) is 1.74. The van der Waals surface area contributed by atoms with Crippen LogP contribution in [0.5, 0.6) is 0 Å². The molecule has 2 aromatic rings. The molecule has 0 aliphatic heterocycles. The first-order valence-electron chi connectivity index (χ1n) is 6.37. The maximum absolute atomic E-state index is 5.72. The molecule has 0 radical (unpaired) electrons. The van der Waals surface area contributed by atoms with Gasteiger partial charge in [-0.2, -0.15) is 4.98 Å². The predicted molar refractivity (Wildman–Crippen MR) is 78.5 cm³/mol. The zero-order valence-corrected chi connectivity index (χ0v) is 13.2. The van der Waals surface area contributed by atoms with E-state index in [9.17, 15) is 0 Å². The first-order chi connectivity index (χ1) is 9.25. The molecule has 0 aromatic carbocycles. The van der Waals surface area contributed by atoms with Crippen LogP contribution in [0.2, 0.25) is 0 Å². The smallest absolute Gasteiger partial charge is 0.239 e. The molecule has 0 aliphatic rings. The van der Waals surface area contributed by atoms with Gasteiger partial charge in [-0.05, 0) is 13.8 Å². The first-order valence-corrected chi connectivity index (χ1v) is 7.25. The Bertz CT molecular complexity index is 585. The van der Waals surface area contributed by atoms with Crippen molar-refractivity contribution in [1.29, 1.82) is 0 Å². The summed E-state index contributed by atoms with van der Waals surface area (Å²) < 4.78 is 5.32. The maximum Gasteiger partial charge on any atom is 0.239 e. The summed E-state index contributed by atoms with van der Waals surface area (Å²) in [7, 11) is 0. The van der Waals surface area contributed by atoms with E-state index in [1.54, 1.807) is 6.07 Å². The SMILES string of the molecule is Cc1cc(N)nc(SC(C)c2nc(C(C)(C)C)no2)n1. The van der Waals surface area contributed by atoms with Gasteiger partial charge in [0.05, 0.1) is 5.25 Å². The van der Waals surface area contributed by atoms with Crippen LogP contribution in [0.3, 0.4) is 0 Å². The Balaban J connectivity index is 2.15. The van der Waals surface area contributed by atoms with Crippen molar-refractivity contribution in [3.05, 3.63) is 23.5 Å². The van der Waals surface area contributed by atoms with Crippen LogP contribution in [0.25, 0.3) is 0 Å². The van der Waals surface area contributed by atoms with Crippen molar-refractivity contribution in [2.45, 2.75) is 50.4 Å². The molecule has 2 heterocycles. The number of aromatic nitrogens is 4. The van der Waals surface area contributed by atoms with Crippen LogP contribution in [-0.2, 0) is 5.41 Å². The van der Waals surface area contributed by atoms with Crippen LogP contribution in [0.1, 0.15) is 50.4 Å². The first kappa shape index (κ1) is 14.8. The van der Waals surface area contributed by atoms with Crippen molar-refractivity contribution < 1.29 is 4.52 Å². The molecule has 7 heteroatoms. The fraction of sp³-hybridized carbons (Fsp3) is 0.538. The number of anilines is 1. The molecule has 2 rings (SSSR count). The molecule has 0 aliphatic carbocycles. The van der Waals surface area contributed by atoms with E-state index in [1.165, 1.54) is 11.8 Å². The molecule has 20 heavy (non-hydrogen) atoms. The van der Waals surface area contributed by atoms with Crippen LogP contribution in [0.4, 0.5) is 5.82 Å². The van der Waals surface area contributed by atoms with Crippen LogP contribution in [0, 0.1) is 6.92 Å². The molecule has 0 amide bonds. The Hall–Kier alpha value is -1.63. The second-order valence-electron chi connectivity index (χ2n) is 5.68. The van der Waals surface area contributed by atoms with Gasteiger partial charge >= 0.3 is 0 Å². The van der Waals surface area contributed by atoms with Gasteiger partial charge in [0.2, 0.25) is 5.89 Å². The highest BCUT2D eigenvalue weighted by molar-refractivity contribution is 7.99. The molecule has 108 valence electrons. The highest BCUT2D eigenvalue weighted by Gasteiger charge is 2.24. The van der Waals surface area contributed by atoms with E-state index in [0.29, 0.717) is 22.7 Å². The number of nitrogens with zero attached hydrogens (tertiary/aromatic N) is 4. The Kier molecular flexibility index (Phi) is 3.99. The number of aryl methyl sites for hydroxylation is 1. The minimum absolute atomic E-state index is 0.0280. The minimum atomic E-state index is -0.129. The Morgan fingerprint density at radius 1 is 1.25 bits per heavy atom. The molecular formula is C13H19N5OS. The second-order valence-corrected chi connectivity index (χ2v) is 6.99. The largest absolute Gasteiger partial charge is 0.384 e. The molecule has 0 spiro atoms. The third-order valence-electron chi connectivity index (χ3n) is 2.60. The molecule has 0 saturated heterocycles. The minimum Gasteiger partial charge on any atom is -0.384 e. The molecular weight excluding hydrogens is 274 g/mol. The third-order valence-corrected chi connectivity index (χ3v) is 3.54. The van der Waals surface area contributed by atoms with E-state index in [-0.39, 0.29) is 10.7 Å². The van der Waals surface area contributed by atoms with Gasteiger partial charge < -0.3 is 10.3 Å². The van der Waals surface area contributed by atoms with Gasteiger partial charge in [-0.3, -0.25) is 0 Å². The highest BCUT2D eigenvalue weighted by Crippen LogP contribution is 2.33. The fourth-order valence-corrected chi connectivity index (χ4v) is 2.40. The zero-order chi connectivity index (χ0) is 14.9. The zero-order valence-electron chi connectivity index (χ0n) is 12.3. The van der Waals surface area contributed by atoms with Gasteiger partial charge in [-0.1, -0.05) is 37.7 Å². The molecule has 2 N–H and O–H groups in total. The normalized spacial score (nSPS) is 13.4. The Morgan fingerprint density at radius 3 is 2.50 bits per heavy atom. The summed E-state index contributed by atoms with van der Waals surface area (Å²) in [5, 5.41) is 4.61. The molecule has 2 aromatic heterocycles. The third kappa shape index (κ3) is 3.47. The van der Waals surface area contributed by atoms with Crippen LogP contribution >= 0.6 is 11.8 Å². The van der Waals surface area contributed by atoms with Crippen LogP contribution < -0.4 is 5.73 Å². The van der Waals surface area contributed by atoms with E-state index in [0.717, 1.165) is 5.69 Å². The van der Waals surface area contributed by atoms with E-state index in [2.05, 4.69) is 20.1 Å². The molecule has 1 unspecified atom stereocenters. The van der Waals surface area contributed by atoms with Gasteiger partial charge in [-0.15, -0.1) is 0 Å². The lowest BCUT2D eigenvalue weighted by atomic mass is 9.96. The number of rotatable bonds is 3. The van der Waals surface area contributed by atoms with Gasteiger partial charge in [0.1, 0.15) is 5.82 Å². The summed E-state index contributed by atoms with van der Waals surface area (Å²) >= 11 is 1.45. The number of nitrogen functional groups attached to an aromatic ring is 1. The average molecular weight is 293 g/mol. The van der Waals surface area contributed by atoms with Crippen molar-refractivity contribution in [1.82, 2.24) is 20.1 Å². The van der Waals surface area contributed by atoms with Crippen molar-refractivity contribution in [3.63, 3.8) is 0 Å². The van der Waals surface area contributed by atoms with Crippen LogP contribution in [-0.4, -0.2) is 20.1 Å². The summed E-state index contributed by atoms with van der Waals surface area (Å²) in [6.45, 7) is 10.0. The highest BCUT2D eigenvalue weighted by atomic mass is 32.2. The lowest BCUT2D eigenvalue weighted by molar-refractivity contribution is 0.364. The summed E-state index contributed by atoms with van der Waals surface area (Å²) in [4.78, 5) is 13.0. The topological polar surface area (TPSA) is 90.7 Å². The quantitative estimate of drug-likeness (QED) is 0.687. The molecule has 0 fully saturated rings. The predicted octanol–water partition coefficient (Wildman–Crippen LogP) is 2.90. The Morgan fingerprint density at radius 2 is 1.95 bits per heavy atom. The summed E-state index contributed by atoms with van der Waals surface area (Å²) in [6, 6.07) is 1.74. The lowest BCUT2D eigenvalue weighted by Crippen LogP contribution is -2.13. The number of thioether (sulfide) groups is 1. The maximum atomic E-state index is 5.72. The second kappa shape index (κ2) is 5.40. The van der Waals surface area contributed by atoms with Crippen molar-refractivity contribution in [2.24, 2.45) is 0 Å².